The zero-order valence-electron chi connectivity index (χ0n) is 10.4. The van der Waals surface area contributed by atoms with Gasteiger partial charge < -0.3 is 0 Å². The third-order valence-electron chi connectivity index (χ3n) is 2.74. The molecule has 18 heavy (non-hydrogen) atoms. The van der Waals surface area contributed by atoms with Crippen LogP contribution in [0.1, 0.15) is 11.1 Å². The highest BCUT2D eigenvalue weighted by atomic mass is 32.2. The summed E-state index contributed by atoms with van der Waals surface area (Å²) in [6.45, 7) is 2.12. The molecule has 0 radical (unpaired) electrons. The topological polar surface area (TPSA) is 38.0 Å². The van der Waals surface area contributed by atoms with Crippen molar-refractivity contribution in [2.45, 2.75) is 24.3 Å². The van der Waals surface area contributed by atoms with Crippen molar-refractivity contribution in [1.29, 1.82) is 0 Å². The van der Waals surface area contributed by atoms with Crippen LogP contribution in [0.15, 0.2) is 46.0 Å². The van der Waals surface area contributed by atoms with Gasteiger partial charge in [0, 0.05) is 16.7 Å². The highest BCUT2D eigenvalue weighted by Crippen LogP contribution is 2.21. The van der Waals surface area contributed by atoms with E-state index in [1.165, 1.54) is 16.0 Å². The molecule has 1 aromatic carbocycles. The molecule has 1 unspecified atom stereocenters. The van der Waals surface area contributed by atoms with Crippen LogP contribution in [0.4, 0.5) is 0 Å². The SMILES string of the molecule is Cc1cccc(SCC(Cc2ccsc2)NN)c1. The molecule has 0 amide bonds. The first kappa shape index (κ1) is 13.6. The maximum absolute atomic E-state index is 5.62. The minimum atomic E-state index is 0.310. The molecule has 0 saturated heterocycles. The second-order valence-electron chi connectivity index (χ2n) is 4.33. The van der Waals surface area contributed by atoms with Crippen LogP contribution in [0, 0.1) is 6.92 Å². The van der Waals surface area contributed by atoms with Crippen LogP contribution in [-0.4, -0.2) is 11.8 Å². The Hall–Kier alpha value is -0.810. The average molecular weight is 278 g/mol. The largest absolute Gasteiger partial charge is 0.271 e. The number of thiophene rings is 1. The van der Waals surface area contributed by atoms with Gasteiger partial charge in [-0.1, -0.05) is 17.7 Å². The number of hydrazine groups is 1. The molecule has 0 bridgehead atoms. The normalized spacial score (nSPS) is 12.6. The molecular formula is C14H18N2S2. The molecule has 0 aliphatic carbocycles. The lowest BCUT2D eigenvalue weighted by atomic mass is 10.1. The number of nitrogens with one attached hydrogen (secondary N) is 1. The fourth-order valence-corrected chi connectivity index (χ4v) is 3.49. The minimum Gasteiger partial charge on any atom is -0.271 e. The first-order valence-corrected chi connectivity index (χ1v) is 7.87. The third-order valence-corrected chi connectivity index (χ3v) is 4.63. The van der Waals surface area contributed by atoms with Gasteiger partial charge in [-0.3, -0.25) is 11.3 Å². The Kier molecular flexibility index (Phi) is 5.26. The Bertz CT molecular complexity index is 468. The standard InChI is InChI=1S/C14H18N2S2/c1-11-3-2-4-14(7-11)18-10-13(16-15)8-12-5-6-17-9-12/h2-7,9,13,16H,8,10,15H2,1H3. The number of hydrogen-bond acceptors (Lipinski definition) is 4. The molecular weight excluding hydrogens is 260 g/mol. The van der Waals surface area contributed by atoms with E-state index in [0.29, 0.717) is 6.04 Å². The zero-order valence-corrected chi connectivity index (χ0v) is 12.1. The molecule has 2 aromatic rings. The summed E-state index contributed by atoms with van der Waals surface area (Å²) < 4.78 is 0. The summed E-state index contributed by atoms with van der Waals surface area (Å²) in [6, 6.07) is 11.0. The van der Waals surface area contributed by atoms with Crippen LogP contribution in [-0.2, 0) is 6.42 Å². The van der Waals surface area contributed by atoms with Gasteiger partial charge in [-0.2, -0.15) is 11.3 Å². The highest BCUT2D eigenvalue weighted by Gasteiger charge is 2.08. The molecule has 2 nitrogen and oxygen atoms in total. The number of benzene rings is 1. The van der Waals surface area contributed by atoms with Crippen molar-refractivity contribution < 1.29 is 0 Å². The van der Waals surface area contributed by atoms with Gasteiger partial charge in [0.1, 0.15) is 0 Å². The maximum atomic E-state index is 5.62. The van der Waals surface area contributed by atoms with Gasteiger partial charge >= 0.3 is 0 Å². The molecule has 4 heteroatoms. The van der Waals surface area contributed by atoms with E-state index in [4.69, 9.17) is 5.84 Å². The van der Waals surface area contributed by atoms with Crippen molar-refractivity contribution >= 4 is 23.1 Å². The fraction of sp³-hybridized carbons (Fsp3) is 0.286. The summed E-state index contributed by atoms with van der Waals surface area (Å²) in [6.07, 6.45) is 0.985. The lowest BCUT2D eigenvalue weighted by Gasteiger charge is -2.14. The van der Waals surface area contributed by atoms with Gasteiger partial charge in [0.05, 0.1) is 0 Å². The van der Waals surface area contributed by atoms with E-state index in [9.17, 15) is 0 Å². The Morgan fingerprint density at radius 3 is 2.94 bits per heavy atom. The van der Waals surface area contributed by atoms with E-state index < -0.39 is 0 Å². The number of hydrogen-bond donors (Lipinski definition) is 2. The highest BCUT2D eigenvalue weighted by molar-refractivity contribution is 7.99. The predicted molar refractivity (Wildman–Crippen MR) is 81.0 cm³/mol. The Morgan fingerprint density at radius 1 is 1.39 bits per heavy atom. The lowest BCUT2D eigenvalue weighted by Crippen LogP contribution is -2.38. The smallest absolute Gasteiger partial charge is 0.0345 e. The maximum Gasteiger partial charge on any atom is 0.0345 e. The van der Waals surface area contributed by atoms with E-state index in [1.54, 1.807) is 11.3 Å². The van der Waals surface area contributed by atoms with E-state index in [-0.39, 0.29) is 0 Å². The van der Waals surface area contributed by atoms with Crippen molar-refractivity contribution in [2.24, 2.45) is 5.84 Å². The Morgan fingerprint density at radius 2 is 2.28 bits per heavy atom. The number of nitrogens with two attached hydrogens (primary N) is 1. The summed E-state index contributed by atoms with van der Waals surface area (Å²) in [7, 11) is 0. The van der Waals surface area contributed by atoms with Gasteiger partial charge in [-0.15, -0.1) is 11.8 Å². The van der Waals surface area contributed by atoms with E-state index in [1.807, 2.05) is 11.8 Å². The molecule has 0 saturated carbocycles. The van der Waals surface area contributed by atoms with Gasteiger partial charge in [0.2, 0.25) is 0 Å². The number of rotatable bonds is 6. The first-order valence-electron chi connectivity index (χ1n) is 5.94. The summed E-state index contributed by atoms with van der Waals surface area (Å²) in [4.78, 5) is 1.31. The van der Waals surface area contributed by atoms with Crippen LogP contribution in [0.2, 0.25) is 0 Å². The molecule has 2 rings (SSSR count). The van der Waals surface area contributed by atoms with Crippen LogP contribution in [0.25, 0.3) is 0 Å². The Balaban J connectivity index is 1.87. The van der Waals surface area contributed by atoms with Crippen molar-refractivity contribution in [3.63, 3.8) is 0 Å². The van der Waals surface area contributed by atoms with Gasteiger partial charge in [-0.05, 0) is 47.9 Å². The fourth-order valence-electron chi connectivity index (χ4n) is 1.76. The van der Waals surface area contributed by atoms with E-state index in [2.05, 4.69) is 53.4 Å². The molecule has 1 atom stereocenters. The van der Waals surface area contributed by atoms with Crippen LogP contribution in [0.3, 0.4) is 0 Å². The van der Waals surface area contributed by atoms with Crippen LogP contribution in [0.5, 0.6) is 0 Å². The van der Waals surface area contributed by atoms with Crippen LogP contribution >= 0.6 is 23.1 Å². The molecule has 96 valence electrons. The minimum absolute atomic E-state index is 0.310. The zero-order chi connectivity index (χ0) is 12.8. The molecule has 1 aromatic heterocycles. The quantitative estimate of drug-likeness (QED) is 0.484. The lowest BCUT2D eigenvalue weighted by molar-refractivity contribution is 0.576. The average Bonchev–Trinajstić information content (AvgIpc) is 2.87. The van der Waals surface area contributed by atoms with Crippen molar-refractivity contribution in [3.05, 3.63) is 52.2 Å². The van der Waals surface area contributed by atoms with E-state index in [0.717, 1.165) is 12.2 Å². The van der Waals surface area contributed by atoms with Crippen LogP contribution < -0.4 is 11.3 Å². The van der Waals surface area contributed by atoms with E-state index >= 15 is 0 Å². The third kappa shape index (κ3) is 4.14. The van der Waals surface area contributed by atoms with Crippen molar-refractivity contribution in [1.82, 2.24) is 5.43 Å². The molecule has 0 aliphatic rings. The van der Waals surface area contributed by atoms with Crippen molar-refractivity contribution in [3.8, 4) is 0 Å². The summed E-state index contributed by atoms with van der Waals surface area (Å²) in [5.74, 6) is 6.61. The second kappa shape index (κ2) is 6.95. The first-order chi connectivity index (χ1) is 8.78. The number of thioether (sulfide) groups is 1. The second-order valence-corrected chi connectivity index (χ2v) is 6.20. The Labute approximate surface area is 117 Å². The predicted octanol–water partition coefficient (Wildman–Crippen LogP) is 3.22. The monoisotopic (exact) mass is 278 g/mol. The van der Waals surface area contributed by atoms with Gasteiger partial charge in [0.15, 0.2) is 0 Å². The summed E-state index contributed by atoms with van der Waals surface area (Å²) in [5.41, 5.74) is 5.56. The molecule has 3 N–H and O–H groups in total. The molecule has 0 fully saturated rings. The molecule has 0 aliphatic heterocycles. The van der Waals surface area contributed by atoms with Gasteiger partial charge in [0.25, 0.3) is 0 Å². The van der Waals surface area contributed by atoms with Crippen molar-refractivity contribution in [2.75, 3.05) is 5.75 Å². The number of aryl methyl sites for hydroxylation is 1. The summed E-state index contributed by atoms with van der Waals surface area (Å²) in [5, 5.41) is 4.29. The summed E-state index contributed by atoms with van der Waals surface area (Å²) >= 11 is 3.58. The van der Waals surface area contributed by atoms with Gasteiger partial charge in [-0.25, -0.2) is 0 Å². The molecule has 1 heterocycles. The molecule has 0 spiro atoms.